The number of hydrogen-bond donors (Lipinski definition) is 2. The van der Waals surface area contributed by atoms with Crippen LogP contribution in [-0.4, -0.2) is 30.0 Å². The van der Waals surface area contributed by atoms with E-state index in [1.807, 2.05) is 44.2 Å². The quantitative estimate of drug-likeness (QED) is 0.520. The molecule has 30 heavy (non-hydrogen) atoms. The molecule has 1 aromatic heterocycles. The molecule has 0 aliphatic rings. The molecular weight excluding hydrogens is 402 g/mol. The van der Waals surface area contributed by atoms with E-state index in [4.69, 9.17) is 9.47 Å². The third-order valence-electron chi connectivity index (χ3n) is 4.21. The SMILES string of the molecule is CCOc1ccc(CC(=O)Nc2ccc3nc(NC(=O)CC)sc3c2)cc1OCC. The Kier molecular flexibility index (Phi) is 7.24. The predicted octanol–water partition coefficient (Wildman–Crippen LogP) is 4.62. The van der Waals surface area contributed by atoms with Gasteiger partial charge in [-0.1, -0.05) is 24.3 Å². The third kappa shape index (κ3) is 5.48. The number of nitrogens with one attached hydrogen (secondary N) is 2. The minimum Gasteiger partial charge on any atom is -0.490 e. The van der Waals surface area contributed by atoms with Gasteiger partial charge in [-0.2, -0.15) is 0 Å². The molecule has 0 fully saturated rings. The fourth-order valence-corrected chi connectivity index (χ4v) is 3.78. The number of amides is 2. The van der Waals surface area contributed by atoms with Crippen LogP contribution in [-0.2, 0) is 16.0 Å². The summed E-state index contributed by atoms with van der Waals surface area (Å²) in [6, 6.07) is 11.0. The first-order valence-corrected chi connectivity index (χ1v) is 10.7. The largest absolute Gasteiger partial charge is 0.490 e. The monoisotopic (exact) mass is 427 g/mol. The molecule has 0 unspecified atom stereocenters. The lowest BCUT2D eigenvalue weighted by atomic mass is 10.1. The first-order valence-electron chi connectivity index (χ1n) is 9.91. The molecule has 158 valence electrons. The summed E-state index contributed by atoms with van der Waals surface area (Å²) >= 11 is 1.38. The maximum Gasteiger partial charge on any atom is 0.228 e. The molecular formula is C22H25N3O4S. The molecule has 0 atom stereocenters. The molecule has 0 bridgehead atoms. The molecule has 0 aliphatic heterocycles. The van der Waals surface area contributed by atoms with Gasteiger partial charge in [-0.25, -0.2) is 4.98 Å². The smallest absolute Gasteiger partial charge is 0.228 e. The highest BCUT2D eigenvalue weighted by atomic mass is 32.1. The van der Waals surface area contributed by atoms with E-state index in [1.165, 1.54) is 11.3 Å². The normalized spacial score (nSPS) is 10.6. The molecule has 3 rings (SSSR count). The van der Waals surface area contributed by atoms with E-state index in [2.05, 4.69) is 15.6 Å². The van der Waals surface area contributed by atoms with E-state index in [1.54, 1.807) is 13.0 Å². The topological polar surface area (TPSA) is 89.5 Å². The van der Waals surface area contributed by atoms with E-state index < -0.39 is 0 Å². The molecule has 7 nitrogen and oxygen atoms in total. The number of carbonyl (C=O) groups excluding carboxylic acids is 2. The van der Waals surface area contributed by atoms with E-state index in [0.29, 0.717) is 42.0 Å². The number of fused-ring (bicyclic) bond motifs is 1. The number of ether oxygens (including phenoxy) is 2. The van der Waals surface area contributed by atoms with Crippen molar-refractivity contribution in [1.82, 2.24) is 4.98 Å². The van der Waals surface area contributed by atoms with Gasteiger partial charge in [0.2, 0.25) is 11.8 Å². The molecule has 0 saturated carbocycles. The van der Waals surface area contributed by atoms with Crippen molar-refractivity contribution in [3.63, 3.8) is 0 Å². The maximum absolute atomic E-state index is 12.5. The molecule has 2 N–H and O–H groups in total. The highest BCUT2D eigenvalue weighted by Gasteiger charge is 2.11. The Bertz CT molecular complexity index is 1050. The Morgan fingerprint density at radius 2 is 1.70 bits per heavy atom. The van der Waals surface area contributed by atoms with Crippen molar-refractivity contribution in [3.8, 4) is 11.5 Å². The van der Waals surface area contributed by atoms with Gasteiger partial charge in [0, 0.05) is 12.1 Å². The molecule has 0 saturated heterocycles. The van der Waals surface area contributed by atoms with Crippen molar-refractivity contribution in [2.45, 2.75) is 33.6 Å². The standard InChI is InChI=1S/C22H25N3O4S/c1-4-20(26)25-22-24-16-9-8-15(13-19(16)30-22)23-21(27)12-14-7-10-17(28-5-2)18(11-14)29-6-3/h7-11,13H,4-6,12H2,1-3H3,(H,23,27)(H,24,25,26). The van der Waals surface area contributed by atoms with Crippen LogP contribution in [0.5, 0.6) is 11.5 Å². The Balaban J connectivity index is 1.69. The summed E-state index contributed by atoms with van der Waals surface area (Å²) in [5.41, 5.74) is 2.29. The third-order valence-corrected chi connectivity index (χ3v) is 5.15. The fourth-order valence-electron chi connectivity index (χ4n) is 2.86. The van der Waals surface area contributed by atoms with Gasteiger partial charge >= 0.3 is 0 Å². The molecule has 0 spiro atoms. The van der Waals surface area contributed by atoms with Crippen LogP contribution in [0.1, 0.15) is 32.8 Å². The van der Waals surface area contributed by atoms with Crippen LogP contribution in [0.3, 0.4) is 0 Å². The number of carbonyl (C=O) groups is 2. The van der Waals surface area contributed by atoms with Crippen LogP contribution in [0, 0.1) is 0 Å². The van der Waals surface area contributed by atoms with Crippen molar-refractivity contribution in [1.29, 1.82) is 0 Å². The second kappa shape index (κ2) is 10.1. The number of hydrogen-bond acceptors (Lipinski definition) is 6. The van der Waals surface area contributed by atoms with Gasteiger partial charge < -0.3 is 20.1 Å². The fraction of sp³-hybridized carbons (Fsp3) is 0.318. The van der Waals surface area contributed by atoms with Crippen molar-refractivity contribution in [3.05, 3.63) is 42.0 Å². The number of benzene rings is 2. The molecule has 2 aromatic carbocycles. The summed E-state index contributed by atoms with van der Waals surface area (Å²) in [6.45, 7) is 6.68. The zero-order chi connectivity index (χ0) is 21.5. The first kappa shape index (κ1) is 21.6. The summed E-state index contributed by atoms with van der Waals surface area (Å²) in [5, 5.41) is 6.23. The summed E-state index contributed by atoms with van der Waals surface area (Å²) in [4.78, 5) is 28.5. The van der Waals surface area contributed by atoms with Crippen LogP contribution in [0.15, 0.2) is 36.4 Å². The lowest BCUT2D eigenvalue weighted by Gasteiger charge is -2.12. The molecule has 0 aliphatic carbocycles. The second-order valence-electron chi connectivity index (χ2n) is 6.48. The number of nitrogens with zero attached hydrogens (tertiary/aromatic N) is 1. The van der Waals surface area contributed by atoms with Crippen molar-refractivity contribution in [2.24, 2.45) is 0 Å². The van der Waals surface area contributed by atoms with Crippen LogP contribution in [0.4, 0.5) is 10.8 Å². The highest BCUT2D eigenvalue weighted by molar-refractivity contribution is 7.22. The van der Waals surface area contributed by atoms with Crippen LogP contribution in [0.2, 0.25) is 0 Å². The minimum absolute atomic E-state index is 0.0793. The zero-order valence-electron chi connectivity index (χ0n) is 17.3. The van der Waals surface area contributed by atoms with Crippen LogP contribution >= 0.6 is 11.3 Å². The van der Waals surface area contributed by atoms with Crippen LogP contribution in [0.25, 0.3) is 10.2 Å². The number of rotatable bonds is 9. The van der Waals surface area contributed by atoms with Gasteiger partial charge in [-0.15, -0.1) is 0 Å². The summed E-state index contributed by atoms with van der Waals surface area (Å²) in [7, 11) is 0. The predicted molar refractivity (Wildman–Crippen MR) is 120 cm³/mol. The van der Waals surface area contributed by atoms with E-state index in [0.717, 1.165) is 15.8 Å². The summed E-state index contributed by atoms with van der Waals surface area (Å²) in [6.07, 6.45) is 0.610. The number of thiazole rings is 1. The first-order chi connectivity index (χ1) is 14.5. The Morgan fingerprint density at radius 1 is 0.933 bits per heavy atom. The van der Waals surface area contributed by atoms with Gasteiger partial charge in [0.05, 0.1) is 29.9 Å². The van der Waals surface area contributed by atoms with Gasteiger partial charge in [0.25, 0.3) is 0 Å². The van der Waals surface area contributed by atoms with Gasteiger partial charge in [-0.3, -0.25) is 9.59 Å². The van der Waals surface area contributed by atoms with Crippen molar-refractivity contribution >= 4 is 44.2 Å². The number of anilines is 2. The van der Waals surface area contributed by atoms with Gasteiger partial charge in [-0.05, 0) is 49.7 Å². The highest BCUT2D eigenvalue weighted by Crippen LogP contribution is 2.30. The van der Waals surface area contributed by atoms with Crippen molar-refractivity contribution < 1.29 is 19.1 Å². The van der Waals surface area contributed by atoms with Crippen LogP contribution < -0.4 is 20.1 Å². The number of aromatic nitrogens is 1. The molecule has 1 heterocycles. The average Bonchev–Trinajstić information content (AvgIpc) is 3.11. The Morgan fingerprint density at radius 3 is 2.43 bits per heavy atom. The van der Waals surface area contributed by atoms with Gasteiger partial charge in [0.15, 0.2) is 16.6 Å². The van der Waals surface area contributed by atoms with Crippen molar-refractivity contribution in [2.75, 3.05) is 23.8 Å². The molecule has 3 aromatic rings. The summed E-state index contributed by atoms with van der Waals surface area (Å²) < 4.78 is 12.1. The maximum atomic E-state index is 12.5. The molecule has 2 amide bonds. The molecule has 8 heteroatoms. The lowest BCUT2D eigenvalue weighted by Crippen LogP contribution is -2.14. The Labute approximate surface area is 179 Å². The second-order valence-corrected chi connectivity index (χ2v) is 7.51. The van der Waals surface area contributed by atoms with E-state index >= 15 is 0 Å². The zero-order valence-corrected chi connectivity index (χ0v) is 18.1. The average molecular weight is 428 g/mol. The molecule has 0 radical (unpaired) electrons. The van der Waals surface area contributed by atoms with Gasteiger partial charge in [0.1, 0.15) is 0 Å². The minimum atomic E-state index is -0.134. The lowest BCUT2D eigenvalue weighted by molar-refractivity contribution is -0.116. The van der Waals surface area contributed by atoms with E-state index in [-0.39, 0.29) is 18.2 Å². The van der Waals surface area contributed by atoms with E-state index in [9.17, 15) is 9.59 Å². The Hall–Kier alpha value is -3.13. The summed E-state index contributed by atoms with van der Waals surface area (Å²) in [5.74, 6) is 1.09.